The number of alkyl carbamates (subject to hydrolysis) is 1. The molecule has 0 radical (unpaired) electrons. The number of hydrogen-bond donors (Lipinski definition) is 5. The minimum Gasteiger partial charge on any atom is -0.444 e. The van der Waals surface area contributed by atoms with E-state index >= 15 is 0 Å². The summed E-state index contributed by atoms with van der Waals surface area (Å²) in [6, 6.07) is 5.79. The van der Waals surface area contributed by atoms with Gasteiger partial charge in [-0.25, -0.2) is 4.79 Å². The van der Waals surface area contributed by atoms with E-state index in [0.717, 1.165) is 47.4 Å². The van der Waals surface area contributed by atoms with Crippen molar-refractivity contribution in [1.29, 1.82) is 0 Å². The topological polar surface area (TPSA) is 176 Å². The minimum absolute atomic E-state index is 0.0109. The van der Waals surface area contributed by atoms with Gasteiger partial charge in [0, 0.05) is 42.7 Å². The molecule has 4 atom stereocenters. The van der Waals surface area contributed by atoms with Crippen LogP contribution in [0.2, 0.25) is 0 Å². The van der Waals surface area contributed by atoms with E-state index in [0.29, 0.717) is 13.1 Å². The van der Waals surface area contributed by atoms with Gasteiger partial charge in [0.2, 0.25) is 17.7 Å². The average molecular weight is 759 g/mol. The van der Waals surface area contributed by atoms with Crippen LogP contribution in [0, 0.1) is 5.41 Å². The number of carbonyl (C=O) groups excluding carboxylic acids is 4. The van der Waals surface area contributed by atoms with Crippen LogP contribution < -0.4 is 21.7 Å². The third-order valence-corrected chi connectivity index (χ3v) is 10.9. The van der Waals surface area contributed by atoms with Crippen molar-refractivity contribution in [1.82, 2.24) is 25.8 Å². The van der Waals surface area contributed by atoms with Crippen molar-refractivity contribution in [2.75, 3.05) is 32.4 Å². The SMILES string of the molecule is CS/C(=C(/C)N)c1ccc([C@H](C)NC(=O)[C@@H]2C[C@@H](O)CN2C(=O)[C@@H](NC(=O)CN2CCC(OC3CC(NC(=O)OC(C)(C)C)C3)CC2)C(C)(C)C)cc1. The first-order valence-corrected chi connectivity index (χ1v) is 20.0. The molecule has 3 aliphatic rings. The molecule has 0 bridgehead atoms. The maximum atomic E-state index is 14.1. The van der Waals surface area contributed by atoms with Crippen LogP contribution in [-0.4, -0.2) is 113 Å². The Hall–Kier alpha value is -3.33. The van der Waals surface area contributed by atoms with Crippen LogP contribution in [0.25, 0.3) is 4.91 Å². The highest BCUT2D eigenvalue weighted by Gasteiger charge is 2.45. The quantitative estimate of drug-likeness (QED) is 0.210. The fourth-order valence-corrected chi connectivity index (χ4v) is 7.79. The number of amides is 4. The zero-order valence-electron chi connectivity index (χ0n) is 33.0. The van der Waals surface area contributed by atoms with Crippen molar-refractivity contribution in [3.8, 4) is 0 Å². The molecule has 1 aromatic rings. The van der Waals surface area contributed by atoms with E-state index in [1.807, 2.05) is 85.9 Å². The summed E-state index contributed by atoms with van der Waals surface area (Å²) in [5.41, 5.74) is 7.48. The summed E-state index contributed by atoms with van der Waals surface area (Å²) in [6.45, 7) is 16.4. The van der Waals surface area contributed by atoms with Gasteiger partial charge in [-0.15, -0.1) is 11.8 Å². The Labute approximate surface area is 319 Å². The van der Waals surface area contributed by atoms with Crippen molar-refractivity contribution in [3.63, 3.8) is 0 Å². The fraction of sp³-hybridized carbons (Fsp3) is 0.692. The third-order valence-electron chi connectivity index (χ3n) is 9.98. The molecule has 6 N–H and O–H groups in total. The number of nitrogens with zero attached hydrogens (tertiary/aromatic N) is 2. The molecule has 296 valence electrons. The third kappa shape index (κ3) is 12.1. The number of piperidine rings is 1. The van der Waals surface area contributed by atoms with Gasteiger partial charge in [0.15, 0.2) is 0 Å². The summed E-state index contributed by atoms with van der Waals surface area (Å²) in [5, 5.41) is 19.5. The number of carbonyl (C=O) groups is 4. The Morgan fingerprint density at radius 1 is 0.981 bits per heavy atom. The molecule has 4 rings (SSSR count). The number of aliphatic hydroxyl groups excluding tert-OH is 1. The number of allylic oxidation sites excluding steroid dienone is 1. The van der Waals surface area contributed by atoms with Crippen molar-refractivity contribution in [2.45, 2.75) is 136 Å². The number of likely N-dealkylation sites (tertiary alicyclic amines) is 2. The predicted octanol–water partition coefficient (Wildman–Crippen LogP) is 3.90. The van der Waals surface area contributed by atoms with Gasteiger partial charge in [-0.3, -0.25) is 19.3 Å². The zero-order chi connectivity index (χ0) is 39.2. The summed E-state index contributed by atoms with van der Waals surface area (Å²) >= 11 is 1.58. The van der Waals surface area contributed by atoms with Crippen molar-refractivity contribution >= 4 is 40.5 Å². The lowest BCUT2D eigenvalue weighted by atomic mass is 9.85. The number of benzene rings is 1. The number of hydrogen-bond acceptors (Lipinski definition) is 10. The second-order valence-electron chi connectivity index (χ2n) is 16.9. The zero-order valence-corrected chi connectivity index (χ0v) is 33.8. The molecule has 2 aliphatic heterocycles. The second kappa shape index (κ2) is 17.9. The van der Waals surface area contributed by atoms with Crippen LogP contribution in [0.5, 0.6) is 0 Å². The Balaban J connectivity index is 1.27. The molecule has 4 amide bonds. The first-order valence-electron chi connectivity index (χ1n) is 18.8. The first kappa shape index (κ1) is 42.4. The minimum atomic E-state index is -0.896. The number of nitrogens with two attached hydrogens (primary N) is 1. The molecule has 0 spiro atoms. The largest absolute Gasteiger partial charge is 0.444 e. The molecule has 1 aromatic carbocycles. The van der Waals surface area contributed by atoms with Gasteiger partial charge in [-0.1, -0.05) is 45.0 Å². The van der Waals surface area contributed by atoms with Crippen LogP contribution in [0.1, 0.15) is 105 Å². The monoisotopic (exact) mass is 758 g/mol. The van der Waals surface area contributed by atoms with Gasteiger partial charge in [0.1, 0.15) is 17.7 Å². The molecule has 0 aromatic heterocycles. The Morgan fingerprint density at radius 3 is 2.15 bits per heavy atom. The number of β-amino-alcohol motifs (C(OH)–C–C–N with tert-alkyl or cyclic N) is 1. The van der Waals surface area contributed by atoms with Gasteiger partial charge in [0.05, 0.1) is 30.9 Å². The smallest absolute Gasteiger partial charge is 0.407 e. The predicted molar refractivity (Wildman–Crippen MR) is 208 cm³/mol. The van der Waals surface area contributed by atoms with Crippen LogP contribution in [0.3, 0.4) is 0 Å². The van der Waals surface area contributed by atoms with E-state index < -0.39 is 35.3 Å². The van der Waals surface area contributed by atoms with Gasteiger partial charge < -0.3 is 41.2 Å². The van der Waals surface area contributed by atoms with Crippen LogP contribution in [0.4, 0.5) is 4.79 Å². The van der Waals surface area contributed by atoms with E-state index in [4.69, 9.17) is 15.2 Å². The average Bonchev–Trinajstić information content (AvgIpc) is 3.44. The maximum Gasteiger partial charge on any atom is 0.407 e. The van der Waals surface area contributed by atoms with Crippen molar-refractivity contribution in [2.24, 2.45) is 11.1 Å². The van der Waals surface area contributed by atoms with E-state index in [1.54, 1.807) is 11.8 Å². The lowest BCUT2D eigenvalue weighted by Gasteiger charge is -2.40. The molecular weight excluding hydrogens is 697 g/mol. The molecule has 0 unspecified atom stereocenters. The number of rotatable bonds is 12. The summed E-state index contributed by atoms with van der Waals surface area (Å²) < 4.78 is 11.6. The first-order chi connectivity index (χ1) is 24.7. The lowest BCUT2D eigenvalue weighted by Crippen LogP contribution is -2.59. The number of thioether (sulfide) groups is 1. The Morgan fingerprint density at radius 2 is 1.60 bits per heavy atom. The van der Waals surface area contributed by atoms with Crippen molar-refractivity contribution < 1.29 is 33.8 Å². The second-order valence-corrected chi connectivity index (χ2v) is 17.7. The lowest BCUT2D eigenvalue weighted by molar-refractivity contribution is -0.144. The highest BCUT2D eigenvalue weighted by molar-refractivity contribution is 8.07. The van der Waals surface area contributed by atoms with Crippen molar-refractivity contribution in [3.05, 3.63) is 41.1 Å². The highest BCUT2D eigenvalue weighted by Crippen LogP contribution is 2.30. The Bertz CT molecular complexity index is 1470. The van der Waals surface area contributed by atoms with Crippen LogP contribution in [0.15, 0.2) is 30.0 Å². The molecule has 14 heteroatoms. The maximum absolute atomic E-state index is 14.1. The van der Waals surface area contributed by atoms with Crippen LogP contribution >= 0.6 is 11.8 Å². The van der Waals surface area contributed by atoms with Gasteiger partial charge in [-0.2, -0.15) is 0 Å². The summed E-state index contributed by atoms with van der Waals surface area (Å²) in [7, 11) is 0. The van der Waals surface area contributed by atoms with E-state index in [2.05, 4.69) is 20.9 Å². The molecular formula is C39H62N6O7S. The van der Waals surface area contributed by atoms with Crippen LogP contribution in [-0.2, 0) is 23.9 Å². The van der Waals surface area contributed by atoms with E-state index in [1.165, 1.54) is 4.90 Å². The summed E-state index contributed by atoms with van der Waals surface area (Å²) in [6.07, 6.45) is 4.07. The number of aliphatic hydroxyl groups is 1. The standard InChI is InChI=1S/C39H62N6O7S/c1-23(40)33(53-9)26-12-10-25(11-13-26)24(2)41-35(48)31-20-28(46)21-45(31)36(49)34(38(3,4)5)43-32(47)22-44-16-14-29(15-17-44)51-30-18-27(19-30)42-37(50)52-39(6,7)8/h10-13,24,27-31,34,46H,14-22,40H2,1-9H3,(H,41,48)(H,42,50)(H,43,47)/b33-23-/t24-,27?,28+,30?,31-,34+/m0/s1. The van der Waals surface area contributed by atoms with Gasteiger partial charge in [-0.05, 0) is 83.1 Å². The molecule has 2 saturated heterocycles. The Kier molecular flexibility index (Phi) is 14.3. The molecule has 1 saturated carbocycles. The molecule has 3 fully saturated rings. The highest BCUT2D eigenvalue weighted by atomic mass is 32.2. The molecule has 13 nitrogen and oxygen atoms in total. The van der Waals surface area contributed by atoms with Gasteiger partial charge >= 0.3 is 6.09 Å². The van der Waals surface area contributed by atoms with E-state index in [9.17, 15) is 24.3 Å². The fourth-order valence-electron chi connectivity index (χ4n) is 7.10. The molecule has 1 aliphatic carbocycles. The normalized spacial score (nSPS) is 24.4. The summed E-state index contributed by atoms with van der Waals surface area (Å²) in [5.74, 6) is -1.01. The molecule has 2 heterocycles. The summed E-state index contributed by atoms with van der Waals surface area (Å²) in [4.78, 5) is 57.6. The number of nitrogens with one attached hydrogen (secondary N) is 3. The number of ether oxygens (including phenoxy) is 2. The van der Waals surface area contributed by atoms with E-state index in [-0.39, 0.29) is 61.5 Å². The van der Waals surface area contributed by atoms with Gasteiger partial charge in [0.25, 0.3) is 0 Å². The molecule has 53 heavy (non-hydrogen) atoms.